The summed E-state index contributed by atoms with van der Waals surface area (Å²) in [7, 11) is 0. The molecule has 0 bridgehead atoms. The molecule has 22 heavy (non-hydrogen) atoms. The molecule has 5 nitrogen and oxygen atoms in total. The largest absolute Gasteiger partial charge is 0.478 e. The molecule has 3 heterocycles. The lowest BCUT2D eigenvalue weighted by Gasteiger charge is -1.92. The summed E-state index contributed by atoms with van der Waals surface area (Å²) in [5, 5.41) is 9.44. The third-order valence-electron chi connectivity index (χ3n) is 2.98. The highest BCUT2D eigenvalue weighted by atomic mass is 32.1. The normalized spacial score (nSPS) is 12.1. The molecular weight excluding hydrogens is 318 g/mol. The Morgan fingerprint density at radius 3 is 2.86 bits per heavy atom. The van der Waals surface area contributed by atoms with E-state index in [1.54, 1.807) is 23.6 Å². The van der Waals surface area contributed by atoms with Gasteiger partial charge in [0, 0.05) is 28.2 Å². The van der Waals surface area contributed by atoms with Gasteiger partial charge in [-0.05, 0) is 32.1 Å². The number of fused-ring (bicyclic) bond motifs is 1. The number of carboxylic acid groups (broad SMARTS) is 1. The maximum atomic E-state index is 10.5. The van der Waals surface area contributed by atoms with Gasteiger partial charge in [0.1, 0.15) is 5.01 Å². The van der Waals surface area contributed by atoms with E-state index in [0.717, 1.165) is 32.3 Å². The third kappa shape index (κ3) is 3.00. The summed E-state index contributed by atoms with van der Waals surface area (Å²) in [6.07, 6.45) is 10.3. The number of aliphatic carboxylic acids is 1. The van der Waals surface area contributed by atoms with Crippen molar-refractivity contribution in [2.45, 2.75) is 13.8 Å². The molecule has 0 saturated carbocycles. The lowest BCUT2D eigenvalue weighted by Crippen LogP contribution is -1.84. The molecule has 0 aliphatic carbocycles. The molecule has 0 spiro atoms. The van der Waals surface area contributed by atoms with E-state index in [9.17, 15) is 4.79 Å². The quantitative estimate of drug-likeness (QED) is 0.740. The van der Waals surface area contributed by atoms with Crippen molar-refractivity contribution in [3.05, 3.63) is 44.6 Å². The van der Waals surface area contributed by atoms with Crippen LogP contribution in [0.2, 0.25) is 0 Å². The van der Waals surface area contributed by atoms with E-state index in [1.807, 2.05) is 19.1 Å². The van der Waals surface area contributed by atoms with E-state index in [2.05, 4.69) is 27.5 Å². The third-order valence-corrected chi connectivity index (χ3v) is 4.80. The number of imidazole rings is 1. The van der Waals surface area contributed by atoms with Gasteiger partial charge in [-0.15, -0.1) is 22.7 Å². The molecule has 0 fully saturated rings. The predicted molar refractivity (Wildman–Crippen MR) is 90.3 cm³/mol. The number of carboxylic acids is 1. The van der Waals surface area contributed by atoms with Crippen molar-refractivity contribution in [2.24, 2.45) is 0 Å². The predicted octanol–water partition coefficient (Wildman–Crippen LogP) is 3.74. The highest BCUT2D eigenvalue weighted by molar-refractivity contribution is 7.17. The SMILES string of the molecule is Cc1cn2c(C=Cc3ncc(C=CC(=O)O)s3)c(C)nc2s1. The summed E-state index contributed by atoms with van der Waals surface area (Å²) in [6.45, 7) is 4.04. The first-order chi connectivity index (χ1) is 10.5. The lowest BCUT2D eigenvalue weighted by molar-refractivity contribution is -0.131. The van der Waals surface area contributed by atoms with Gasteiger partial charge in [0.25, 0.3) is 0 Å². The van der Waals surface area contributed by atoms with Crippen molar-refractivity contribution in [3.63, 3.8) is 0 Å². The number of thiazole rings is 2. The zero-order chi connectivity index (χ0) is 15.7. The fourth-order valence-electron chi connectivity index (χ4n) is 2.04. The summed E-state index contributed by atoms with van der Waals surface area (Å²) in [4.78, 5) is 22.3. The Bertz CT molecular complexity index is 899. The van der Waals surface area contributed by atoms with Crippen LogP contribution in [0, 0.1) is 13.8 Å². The minimum Gasteiger partial charge on any atom is -0.478 e. The van der Waals surface area contributed by atoms with Gasteiger partial charge in [0.15, 0.2) is 4.96 Å². The van der Waals surface area contributed by atoms with Gasteiger partial charge in [-0.3, -0.25) is 4.40 Å². The van der Waals surface area contributed by atoms with Crippen LogP contribution in [0.1, 0.15) is 26.1 Å². The van der Waals surface area contributed by atoms with Crippen LogP contribution >= 0.6 is 22.7 Å². The summed E-state index contributed by atoms with van der Waals surface area (Å²) >= 11 is 3.10. The number of hydrogen-bond donors (Lipinski definition) is 1. The number of rotatable bonds is 4. The Labute approximate surface area is 134 Å². The molecule has 0 aromatic carbocycles. The van der Waals surface area contributed by atoms with Crippen LogP contribution in [0.3, 0.4) is 0 Å². The average Bonchev–Trinajstić information content (AvgIpc) is 3.10. The Morgan fingerprint density at radius 2 is 2.09 bits per heavy atom. The Morgan fingerprint density at radius 1 is 1.27 bits per heavy atom. The first kappa shape index (κ1) is 14.7. The minimum absolute atomic E-state index is 0.809. The summed E-state index contributed by atoms with van der Waals surface area (Å²) < 4.78 is 2.07. The van der Waals surface area contributed by atoms with Crippen LogP contribution in [0.5, 0.6) is 0 Å². The standard InChI is InChI=1S/C15H13N3O2S2/c1-9-8-18-12(10(2)17-15(18)21-9)4-5-13-16-7-11(22-13)3-6-14(19)20/h3-8H,1-2H3,(H,19,20). The van der Waals surface area contributed by atoms with Crippen LogP contribution in [0.4, 0.5) is 0 Å². The zero-order valence-corrected chi connectivity index (χ0v) is 13.6. The number of hydrogen-bond acceptors (Lipinski definition) is 5. The number of aryl methyl sites for hydroxylation is 2. The van der Waals surface area contributed by atoms with E-state index < -0.39 is 5.97 Å². The second-order valence-electron chi connectivity index (χ2n) is 4.68. The molecule has 0 aliphatic rings. The van der Waals surface area contributed by atoms with E-state index in [4.69, 9.17) is 5.11 Å². The van der Waals surface area contributed by atoms with Gasteiger partial charge in [-0.2, -0.15) is 0 Å². The smallest absolute Gasteiger partial charge is 0.328 e. The first-order valence-electron chi connectivity index (χ1n) is 6.53. The van der Waals surface area contributed by atoms with Crippen molar-refractivity contribution in [2.75, 3.05) is 0 Å². The number of aromatic nitrogens is 3. The van der Waals surface area contributed by atoms with Gasteiger partial charge < -0.3 is 5.11 Å². The van der Waals surface area contributed by atoms with Gasteiger partial charge in [-0.1, -0.05) is 0 Å². The molecule has 0 aliphatic heterocycles. The summed E-state index contributed by atoms with van der Waals surface area (Å²) in [5.74, 6) is -0.962. The van der Waals surface area contributed by atoms with Crippen molar-refractivity contribution in [1.82, 2.24) is 14.4 Å². The molecule has 0 unspecified atom stereocenters. The van der Waals surface area contributed by atoms with E-state index in [1.165, 1.54) is 16.2 Å². The van der Waals surface area contributed by atoms with E-state index in [0.29, 0.717) is 0 Å². The molecular formula is C15H13N3O2S2. The van der Waals surface area contributed by atoms with Gasteiger partial charge in [0.05, 0.1) is 11.4 Å². The monoisotopic (exact) mass is 331 g/mol. The Hall–Kier alpha value is -2.25. The van der Waals surface area contributed by atoms with Crippen molar-refractivity contribution in [1.29, 1.82) is 0 Å². The topological polar surface area (TPSA) is 67.5 Å². The molecule has 0 amide bonds. The molecule has 3 rings (SSSR count). The van der Waals surface area contributed by atoms with Crippen LogP contribution in [-0.2, 0) is 4.79 Å². The highest BCUT2D eigenvalue weighted by Crippen LogP contribution is 2.23. The second-order valence-corrected chi connectivity index (χ2v) is 6.99. The van der Waals surface area contributed by atoms with Crippen molar-refractivity contribution in [3.8, 4) is 0 Å². The average molecular weight is 331 g/mol. The van der Waals surface area contributed by atoms with Crippen molar-refractivity contribution < 1.29 is 9.90 Å². The molecule has 112 valence electrons. The lowest BCUT2D eigenvalue weighted by atomic mass is 10.3. The minimum atomic E-state index is -0.962. The first-order valence-corrected chi connectivity index (χ1v) is 8.16. The van der Waals surface area contributed by atoms with Crippen molar-refractivity contribution >= 4 is 51.8 Å². The zero-order valence-electron chi connectivity index (χ0n) is 12.0. The van der Waals surface area contributed by atoms with Crippen LogP contribution in [0.15, 0.2) is 18.5 Å². The Kier molecular flexibility index (Phi) is 3.91. The number of carbonyl (C=O) groups is 1. The Balaban J connectivity index is 1.86. The molecule has 3 aromatic rings. The second kappa shape index (κ2) is 5.86. The maximum Gasteiger partial charge on any atom is 0.328 e. The fraction of sp³-hybridized carbons (Fsp3) is 0.133. The van der Waals surface area contributed by atoms with Gasteiger partial charge in [0.2, 0.25) is 0 Å². The molecule has 0 saturated heterocycles. The molecule has 0 atom stereocenters. The van der Waals surface area contributed by atoms with Gasteiger partial charge >= 0.3 is 5.97 Å². The fourth-order valence-corrected chi connectivity index (χ4v) is 3.64. The highest BCUT2D eigenvalue weighted by Gasteiger charge is 2.08. The van der Waals surface area contributed by atoms with Gasteiger partial charge in [-0.25, -0.2) is 14.8 Å². The van der Waals surface area contributed by atoms with E-state index in [-0.39, 0.29) is 0 Å². The molecule has 0 radical (unpaired) electrons. The molecule has 3 aromatic heterocycles. The molecule has 7 heteroatoms. The van der Waals surface area contributed by atoms with E-state index >= 15 is 0 Å². The number of nitrogens with zero attached hydrogens (tertiary/aromatic N) is 3. The maximum absolute atomic E-state index is 10.5. The summed E-state index contributed by atoms with van der Waals surface area (Å²) in [6, 6.07) is 0. The van der Waals surface area contributed by atoms with Crippen LogP contribution in [-0.4, -0.2) is 25.4 Å². The van der Waals surface area contributed by atoms with Crippen LogP contribution in [0.25, 0.3) is 23.2 Å². The summed E-state index contributed by atoms with van der Waals surface area (Å²) in [5.41, 5.74) is 2.02. The van der Waals surface area contributed by atoms with Crippen LogP contribution < -0.4 is 0 Å². The molecule has 1 N–H and O–H groups in total.